The van der Waals surface area contributed by atoms with Gasteiger partial charge in [0.15, 0.2) is 0 Å². The van der Waals surface area contributed by atoms with Gasteiger partial charge in [-0.2, -0.15) is 0 Å². The number of primary amides is 1. The van der Waals surface area contributed by atoms with Crippen LogP contribution in [0.3, 0.4) is 0 Å². The first kappa shape index (κ1) is 16.8. The number of hydrogen-bond acceptors (Lipinski definition) is 4. The van der Waals surface area contributed by atoms with E-state index in [1.165, 1.54) is 18.5 Å². The first-order chi connectivity index (χ1) is 13.1. The van der Waals surface area contributed by atoms with Gasteiger partial charge < -0.3 is 5.73 Å². The minimum atomic E-state index is -0.609. The van der Waals surface area contributed by atoms with E-state index in [9.17, 15) is 9.18 Å². The normalized spacial score (nSPS) is 10.9. The summed E-state index contributed by atoms with van der Waals surface area (Å²) in [5, 5.41) is 0.861. The maximum absolute atomic E-state index is 13.3. The van der Waals surface area contributed by atoms with E-state index in [4.69, 9.17) is 5.73 Å². The predicted octanol–water partition coefficient (Wildman–Crippen LogP) is 3.52. The minimum Gasteiger partial charge on any atom is -0.364 e. The van der Waals surface area contributed by atoms with Crippen molar-refractivity contribution in [1.29, 1.82) is 0 Å². The molecular formula is C21H15FN4O. The Morgan fingerprint density at radius 2 is 1.70 bits per heavy atom. The maximum Gasteiger partial charge on any atom is 0.267 e. The van der Waals surface area contributed by atoms with Gasteiger partial charge in [0.05, 0.1) is 5.52 Å². The number of halogens is 1. The van der Waals surface area contributed by atoms with Crippen LogP contribution in [0, 0.1) is 5.82 Å². The molecule has 0 saturated carbocycles. The molecule has 4 rings (SSSR count). The van der Waals surface area contributed by atoms with Crippen LogP contribution in [0.25, 0.3) is 22.0 Å². The first-order valence-corrected chi connectivity index (χ1v) is 8.33. The van der Waals surface area contributed by atoms with Crippen LogP contribution >= 0.6 is 0 Å². The van der Waals surface area contributed by atoms with Crippen LogP contribution in [0.5, 0.6) is 0 Å². The Morgan fingerprint density at radius 1 is 0.963 bits per heavy atom. The highest BCUT2D eigenvalue weighted by molar-refractivity contribution is 6.00. The molecule has 0 aliphatic heterocycles. The van der Waals surface area contributed by atoms with Crippen LogP contribution in [-0.4, -0.2) is 20.9 Å². The van der Waals surface area contributed by atoms with Crippen molar-refractivity contribution in [2.24, 2.45) is 5.73 Å². The number of benzene rings is 2. The van der Waals surface area contributed by atoms with Gasteiger partial charge in [-0.05, 0) is 46.5 Å². The van der Waals surface area contributed by atoms with Gasteiger partial charge in [-0.25, -0.2) is 19.3 Å². The van der Waals surface area contributed by atoms with E-state index in [0.29, 0.717) is 11.9 Å². The van der Waals surface area contributed by atoms with E-state index in [2.05, 4.69) is 15.0 Å². The quantitative estimate of drug-likeness (QED) is 0.605. The molecule has 4 aromatic rings. The second kappa shape index (κ2) is 6.92. The average Bonchev–Trinajstić information content (AvgIpc) is 2.68. The molecule has 132 valence electrons. The van der Waals surface area contributed by atoms with Crippen molar-refractivity contribution in [1.82, 2.24) is 15.0 Å². The summed E-state index contributed by atoms with van der Waals surface area (Å²) >= 11 is 0. The molecule has 2 heterocycles. The second-order valence-electron chi connectivity index (χ2n) is 6.20. The summed E-state index contributed by atoms with van der Waals surface area (Å²) in [6.07, 6.45) is 5.65. The number of nitrogens with zero attached hydrogens (tertiary/aromatic N) is 3. The van der Waals surface area contributed by atoms with E-state index in [1.807, 2.05) is 18.2 Å². The topological polar surface area (TPSA) is 81.8 Å². The summed E-state index contributed by atoms with van der Waals surface area (Å²) in [7, 11) is 0. The Kier molecular flexibility index (Phi) is 4.30. The van der Waals surface area contributed by atoms with Crippen LogP contribution in [0.4, 0.5) is 4.39 Å². The lowest BCUT2D eigenvalue weighted by molar-refractivity contribution is 0.0996. The molecule has 0 aliphatic carbocycles. The molecule has 0 bridgehead atoms. The molecule has 2 N–H and O–H groups in total. The van der Waals surface area contributed by atoms with Gasteiger partial charge in [-0.3, -0.25) is 4.79 Å². The summed E-state index contributed by atoms with van der Waals surface area (Å²) in [4.78, 5) is 24.2. The summed E-state index contributed by atoms with van der Waals surface area (Å²) in [5.41, 5.74) is 9.83. The second-order valence-corrected chi connectivity index (χ2v) is 6.20. The lowest BCUT2D eigenvalue weighted by atomic mass is 9.97. The number of fused-ring (bicyclic) bond motifs is 1. The van der Waals surface area contributed by atoms with Crippen molar-refractivity contribution in [2.45, 2.75) is 6.42 Å². The van der Waals surface area contributed by atoms with Crippen LogP contribution in [-0.2, 0) is 6.42 Å². The predicted molar refractivity (Wildman–Crippen MR) is 100 cm³/mol. The fourth-order valence-electron chi connectivity index (χ4n) is 3.04. The molecule has 0 atom stereocenters. The smallest absolute Gasteiger partial charge is 0.267 e. The third kappa shape index (κ3) is 3.50. The Hall–Kier alpha value is -3.67. The maximum atomic E-state index is 13.3. The SMILES string of the molecule is NC(=O)c1cc(-c2ccc(F)cc2)c2ccc(Cc3cncnc3)cc2n1. The highest BCUT2D eigenvalue weighted by Gasteiger charge is 2.12. The standard InChI is InChI=1S/C21H15FN4O/c22-16-4-2-15(3-5-16)18-9-20(21(23)27)26-19-8-13(1-6-17(18)19)7-14-10-24-12-25-11-14/h1-6,8-12H,7H2,(H2,23,27). The van der Waals surface area contributed by atoms with Gasteiger partial charge in [-0.15, -0.1) is 0 Å². The monoisotopic (exact) mass is 358 g/mol. The lowest BCUT2D eigenvalue weighted by Gasteiger charge is -2.10. The highest BCUT2D eigenvalue weighted by atomic mass is 19.1. The number of rotatable bonds is 4. The van der Waals surface area contributed by atoms with Crippen molar-refractivity contribution in [3.8, 4) is 11.1 Å². The number of aromatic nitrogens is 3. The molecule has 0 fully saturated rings. The first-order valence-electron chi connectivity index (χ1n) is 8.33. The molecule has 27 heavy (non-hydrogen) atoms. The van der Waals surface area contributed by atoms with Gasteiger partial charge in [0, 0.05) is 24.2 Å². The van der Waals surface area contributed by atoms with Gasteiger partial charge in [0.2, 0.25) is 0 Å². The number of carbonyl (C=O) groups excluding carboxylic acids is 1. The largest absolute Gasteiger partial charge is 0.364 e. The van der Waals surface area contributed by atoms with Gasteiger partial charge in [0.1, 0.15) is 17.8 Å². The number of amides is 1. The number of hydrogen-bond donors (Lipinski definition) is 1. The van der Waals surface area contributed by atoms with E-state index < -0.39 is 5.91 Å². The minimum absolute atomic E-state index is 0.169. The third-order valence-electron chi connectivity index (χ3n) is 4.30. The van der Waals surface area contributed by atoms with Gasteiger partial charge in [-0.1, -0.05) is 24.3 Å². The van der Waals surface area contributed by atoms with Crippen molar-refractivity contribution >= 4 is 16.8 Å². The third-order valence-corrected chi connectivity index (χ3v) is 4.30. The molecule has 0 spiro atoms. The van der Waals surface area contributed by atoms with E-state index in [-0.39, 0.29) is 11.5 Å². The van der Waals surface area contributed by atoms with E-state index >= 15 is 0 Å². The van der Waals surface area contributed by atoms with E-state index in [1.54, 1.807) is 30.6 Å². The zero-order valence-electron chi connectivity index (χ0n) is 14.3. The fraction of sp³-hybridized carbons (Fsp3) is 0.0476. The summed E-state index contributed by atoms with van der Waals surface area (Å²) < 4.78 is 13.3. The molecule has 1 amide bonds. The average molecular weight is 358 g/mol. The lowest BCUT2D eigenvalue weighted by Crippen LogP contribution is -2.13. The molecule has 0 radical (unpaired) electrons. The Balaban J connectivity index is 1.85. The zero-order chi connectivity index (χ0) is 18.8. The molecule has 2 aromatic carbocycles. The Bertz CT molecular complexity index is 1130. The molecular weight excluding hydrogens is 343 g/mol. The fourth-order valence-corrected chi connectivity index (χ4v) is 3.04. The molecule has 0 aliphatic rings. The molecule has 0 unspecified atom stereocenters. The molecule has 0 saturated heterocycles. The van der Waals surface area contributed by atoms with Crippen LogP contribution in [0.15, 0.2) is 67.3 Å². The van der Waals surface area contributed by atoms with Crippen molar-refractivity contribution < 1.29 is 9.18 Å². The van der Waals surface area contributed by atoms with Crippen molar-refractivity contribution in [3.05, 3.63) is 89.9 Å². The van der Waals surface area contributed by atoms with Gasteiger partial charge >= 0.3 is 0 Å². The molecule has 2 aromatic heterocycles. The number of carbonyl (C=O) groups is 1. The van der Waals surface area contributed by atoms with Crippen LogP contribution < -0.4 is 5.73 Å². The van der Waals surface area contributed by atoms with Crippen molar-refractivity contribution in [3.63, 3.8) is 0 Å². The van der Waals surface area contributed by atoms with E-state index in [0.717, 1.165) is 27.6 Å². The highest BCUT2D eigenvalue weighted by Crippen LogP contribution is 2.30. The van der Waals surface area contributed by atoms with Crippen LogP contribution in [0.1, 0.15) is 21.6 Å². The molecule has 5 nitrogen and oxygen atoms in total. The van der Waals surface area contributed by atoms with Crippen LogP contribution in [0.2, 0.25) is 0 Å². The van der Waals surface area contributed by atoms with Gasteiger partial charge in [0.25, 0.3) is 5.91 Å². The summed E-state index contributed by atoms with van der Waals surface area (Å²) in [6, 6.07) is 13.6. The zero-order valence-corrected chi connectivity index (χ0v) is 14.3. The van der Waals surface area contributed by atoms with Crippen molar-refractivity contribution in [2.75, 3.05) is 0 Å². The number of pyridine rings is 1. The summed E-state index contributed by atoms with van der Waals surface area (Å²) in [5.74, 6) is -0.929. The Morgan fingerprint density at radius 3 is 2.41 bits per heavy atom. The number of nitrogens with two attached hydrogens (primary N) is 1. The Labute approximate surface area is 154 Å². The molecule has 6 heteroatoms. The summed E-state index contributed by atoms with van der Waals surface area (Å²) in [6.45, 7) is 0.